The van der Waals surface area contributed by atoms with Gasteiger partial charge >= 0.3 is 0 Å². The molecule has 26 heavy (non-hydrogen) atoms. The van der Waals surface area contributed by atoms with Crippen molar-refractivity contribution >= 4 is 0 Å². The van der Waals surface area contributed by atoms with Crippen molar-refractivity contribution in [3.63, 3.8) is 0 Å². The molecule has 1 aliphatic rings. The van der Waals surface area contributed by atoms with Crippen LogP contribution in [0.15, 0.2) is 36.9 Å². The fraction of sp³-hybridized carbons (Fsp3) is 0.619. The lowest BCUT2D eigenvalue weighted by molar-refractivity contribution is -0.0925. The van der Waals surface area contributed by atoms with Gasteiger partial charge in [0.2, 0.25) is 0 Å². The molecule has 0 N–H and O–H groups in total. The molecule has 1 fully saturated rings. The number of aromatic nitrogens is 3. The maximum absolute atomic E-state index is 6.00. The summed E-state index contributed by atoms with van der Waals surface area (Å²) in [7, 11) is 3.56. The van der Waals surface area contributed by atoms with Gasteiger partial charge in [0.05, 0.1) is 13.2 Å². The molecule has 1 aromatic heterocycles. The zero-order chi connectivity index (χ0) is 18.6. The maximum Gasteiger partial charge on any atom is 0.137 e. The predicted molar refractivity (Wildman–Crippen MR) is 102 cm³/mol. The zero-order valence-electron chi connectivity index (χ0n) is 16.4. The average molecular weight is 357 g/mol. The third-order valence-corrected chi connectivity index (χ3v) is 6.01. The second kappa shape index (κ2) is 8.21. The Kier molecular flexibility index (Phi) is 5.97. The van der Waals surface area contributed by atoms with E-state index in [-0.39, 0.29) is 11.5 Å². The van der Waals surface area contributed by atoms with Gasteiger partial charge in [-0.2, -0.15) is 5.10 Å². The molecular formula is C21H31N3O2. The van der Waals surface area contributed by atoms with Crippen molar-refractivity contribution in [2.45, 2.75) is 52.2 Å². The largest absolute Gasteiger partial charge is 0.497 e. The summed E-state index contributed by atoms with van der Waals surface area (Å²) < 4.78 is 13.2. The SMILES string of the molecule is COc1ccc(CC[C@@H]2CCC(C)(C)[C@H](OC)[C@H]2Cn2cncn2)cc1. The monoisotopic (exact) mass is 357 g/mol. The van der Waals surface area contributed by atoms with E-state index in [9.17, 15) is 0 Å². The summed E-state index contributed by atoms with van der Waals surface area (Å²) in [6, 6.07) is 8.44. The van der Waals surface area contributed by atoms with Crippen molar-refractivity contribution in [3.8, 4) is 5.75 Å². The van der Waals surface area contributed by atoms with Gasteiger partial charge < -0.3 is 9.47 Å². The highest BCUT2D eigenvalue weighted by Gasteiger charge is 2.44. The van der Waals surface area contributed by atoms with Crippen LogP contribution in [0.5, 0.6) is 5.75 Å². The van der Waals surface area contributed by atoms with E-state index < -0.39 is 0 Å². The fourth-order valence-electron chi connectivity index (χ4n) is 4.52. The third kappa shape index (κ3) is 4.26. The normalized spacial score (nSPS) is 25.2. The van der Waals surface area contributed by atoms with Crippen molar-refractivity contribution in [2.24, 2.45) is 17.3 Å². The van der Waals surface area contributed by atoms with Crippen LogP contribution in [0.25, 0.3) is 0 Å². The minimum atomic E-state index is 0.191. The van der Waals surface area contributed by atoms with Crippen LogP contribution >= 0.6 is 0 Å². The molecule has 3 rings (SSSR count). The van der Waals surface area contributed by atoms with Gasteiger partial charge in [-0.05, 0) is 54.7 Å². The minimum absolute atomic E-state index is 0.191. The van der Waals surface area contributed by atoms with Crippen molar-refractivity contribution in [2.75, 3.05) is 14.2 Å². The van der Waals surface area contributed by atoms with Crippen molar-refractivity contribution in [1.82, 2.24) is 14.8 Å². The van der Waals surface area contributed by atoms with Gasteiger partial charge in [-0.1, -0.05) is 26.0 Å². The van der Waals surface area contributed by atoms with Crippen molar-refractivity contribution < 1.29 is 9.47 Å². The molecule has 0 unspecified atom stereocenters. The Balaban J connectivity index is 1.71. The summed E-state index contributed by atoms with van der Waals surface area (Å²) in [5, 5.41) is 4.33. The first-order valence-electron chi connectivity index (χ1n) is 9.51. The molecule has 0 amide bonds. The van der Waals surface area contributed by atoms with Crippen molar-refractivity contribution in [1.29, 1.82) is 0 Å². The van der Waals surface area contributed by atoms with E-state index in [2.05, 4.69) is 36.1 Å². The van der Waals surface area contributed by atoms with Crippen LogP contribution in [-0.2, 0) is 17.7 Å². The Bertz CT molecular complexity index is 667. The summed E-state index contributed by atoms with van der Waals surface area (Å²) in [5.74, 6) is 1.99. The quantitative estimate of drug-likeness (QED) is 0.752. The predicted octanol–water partition coefficient (Wildman–Crippen LogP) is 3.99. The third-order valence-electron chi connectivity index (χ3n) is 6.01. The van der Waals surface area contributed by atoms with Crippen LogP contribution in [-0.4, -0.2) is 35.1 Å². The first-order chi connectivity index (χ1) is 12.5. The van der Waals surface area contributed by atoms with E-state index in [1.807, 2.05) is 30.3 Å². The van der Waals surface area contributed by atoms with E-state index in [0.29, 0.717) is 11.8 Å². The molecule has 0 saturated heterocycles. The van der Waals surface area contributed by atoms with Gasteiger partial charge in [0.25, 0.3) is 0 Å². The average Bonchev–Trinajstić information content (AvgIpc) is 3.14. The second-order valence-electron chi connectivity index (χ2n) is 8.11. The van der Waals surface area contributed by atoms with Crippen molar-refractivity contribution in [3.05, 3.63) is 42.5 Å². The summed E-state index contributed by atoms with van der Waals surface area (Å²) >= 11 is 0. The summed E-state index contributed by atoms with van der Waals surface area (Å²) in [6.45, 7) is 5.53. The van der Waals surface area contributed by atoms with Gasteiger partial charge in [-0.3, -0.25) is 4.68 Å². The van der Waals surface area contributed by atoms with Crippen LogP contribution in [0.4, 0.5) is 0 Å². The summed E-state index contributed by atoms with van der Waals surface area (Å²) in [6.07, 6.45) is 8.36. The highest BCUT2D eigenvalue weighted by atomic mass is 16.5. The van der Waals surface area contributed by atoms with E-state index >= 15 is 0 Å². The molecule has 142 valence electrons. The Morgan fingerprint density at radius 3 is 2.58 bits per heavy atom. The fourth-order valence-corrected chi connectivity index (χ4v) is 4.52. The molecule has 0 spiro atoms. The number of benzene rings is 1. The van der Waals surface area contributed by atoms with Crippen LogP contribution < -0.4 is 4.74 Å². The topological polar surface area (TPSA) is 49.2 Å². The Labute approximate surface area is 156 Å². The number of hydrogen-bond donors (Lipinski definition) is 0. The minimum Gasteiger partial charge on any atom is -0.497 e. The van der Waals surface area contributed by atoms with Crippen LogP contribution in [0.3, 0.4) is 0 Å². The Morgan fingerprint density at radius 1 is 1.19 bits per heavy atom. The van der Waals surface area contributed by atoms with E-state index in [0.717, 1.165) is 18.7 Å². The van der Waals surface area contributed by atoms with E-state index in [4.69, 9.17) is 9.47 Å². The molecule has 1 saturated carbocycles. The van der Waals surface area contributed by atoms with Gasteiger partial charge in [0, 0.05) is 19.6 Å². The Morgan fingerprint density at radius 2 is 1.96 bits per heavy atom. The summed E-state index contributed by atoms with van der Waals surface area (Å²) in [4.78, 5) is 4.11. The lowest BCUT2D eigenvalue weighted by Crippen LogP contribution is -2.47. The number of nitrogens with zero attached hydrogens (tertiary/aromatic N) is 3. The van der Waals surface area contributed by atoms with E-state index in [1.165, 1.54) is 24.8 Å². The lowest BCUT2D eigenvalue weighted by Gasteiger charge is -2.47. The number of methoxy groups -OCH3 is 2. The molecule has 1 heterocycles. The first kappa shape index (κ1) is 18.9. The number of ether oxygens (including phenoxy) is 2. The van der Waals surface area contributed by atoms with Crippen LogP contribution in [0.1, 0.15) is 38.7 Å². The van der Waals surface area contributed by atoms with Gasteiger partial charge in [0.15, 0.2) is 0 Å². The van der Waals surface area contributed by atoms with Gasteiger partial charge in [-0.15, -0.1) is 0 Å². The van der Waals surface area contributed by atoms with Crippen LogP contribution in [0.2, 0.25) is 0 Å². The Hall–Kier alpha value is -1.88. The molecule has 5 nitrogen and oxygen atoms in total. The molecule has 5 heteroatoms. The molecule has 0 radical (unpaired) electrons. The number of hydrogen-bond acceptors (Lipinski definition) is 4. The maximum atomic E-state index is 6.00. The second-order valence-corrected chi connectivity index (χ2v) is 8.11. The molecule has 1 aliphatic carbocycles. The molecule has 2 aromatic rings. The smallest absolute Gasteiger partial charge is 0.137 e. The highest BCUT2D eigenvalue weighted by Crippen LogP contribution is 2.45. The van der Waals surface area contributed by atoms with Crippen LogP contribution in [0, 0.1) is 17.3 Å². The molecule has 1 aromatic carbocycles. The molecule has 0 aliphatic heterocycles. The molecule has 0 bridgehead atoms. The van der Waals surface area contributed by atoms with Gasteiger partial charge in [-0.25, -0.2) is 4.98 Å². The number of aryl methyl sites for hydroxylation is 1. The van der Waals surface area contributed by atoms with E-state index in [1.54, 1.807) is 13.4 Å². The number of rotatable bonds is 7. The molecular weight excluding hydrogens is 326 g/mol. The zero-order valence-corrected chi connectivity index (χ0v) is 16.4. The standard InChI is InChI=1S/C21H31N3O2/c1-21(2)12-11-17(8-5-16-6-9-18(25-3)10-7-16)19(20(21)26-4)13-24-15-22-14-23-24/h6-7,9-10,14-15,17,19-20H,5,8,11-13H2,1-4H3/t17-,19+,20-/m1/s1. The van der Waals surface area contributed by atoms with Gasteiger partial charge in [0.1, 0.15) is 18.4 Å². The highest BCUT2D eigenvalue weighted by molar-refractivity contribution is 5.27. The molecule has 3 atom stereocenters. The first-order valence-corrected chi connectivity index (χ1v) is 9.51. The lowest BCUT2D eigenvalue weighted by atomic mass is 9.63. The summed E-state index contributed by atoms with van der Waals surface area (Å²) in [5.41, 5.74) is 1.56.